The Labute approximate surface area is 175 Å². The number of aryl methyl sites for hydroxylation is 2. The predicted octanol–water partition coefficient (Wildman–Crippen LogP) is 4.18. The van der Waals surface area contributed by atoms with E-state index in [1.54, 1.807) is 12.1 Å². The molecule has 0 aliphatic heterocycles. The average molecular weight is 397 g/mol. The van der Waals surface area contributed by atoms with E-state index in [0.29, 0.717) is 18.4 Å². The van der Waals surface area contributed by atoms with E-state index in [-0.39, 0.29) is 11.9 Å². The maximum Gasteiger partial charge on any atom is 0.220 e. The third-order valence-corrected chi connectivity index (χ3v) is 5.54. The number of carbonyl (C=O) groups is 1. The molecular formula is C24H23N5O. The summed E-state index contributed by atoms with van der Waals surface area (Å²) < 4.78 is 1.88. The molecule has 6 heteroatoms. The molecular weight excluding hydrogens is 374 g/mol. The summed E-state index contributed by atoms with van der Waals surface area (Å²) in [5, 5.41) is 17.7. The minimum atomic E-state index is -0.121. The molecule has 4 rings (SSSR count). The third-order valence-electron chi connectivity index (χ3n) is 5.54. The van der Waals surface area contributed by atoms with Gasteiger partial charge in [0.15, 0.2) is 5.65 Å². The lowest BCUT2D eigenvalue weighted by molar-refractivity contribution is -0.121. The smallest absolute Gasteiger partial charge is 0.220 e. The molecule has 1 atom stereocenters. The number of nitrogens with one attached hydrogen (secondary N) is 1. The molecule has 1 unspecified atom stereocenters. The van der Waals surface area contributed by atoms with Crippen LogP contribution in [0.5, 0.6) is 0 Å². The number of nitrogens with zero attached hydrogens (tertiary/aromatic N) is 4. The molecule has 2 aromatic carbocycles. The van der Waals surface area contributed by atoms with Gasteiger partial charge in [-0.2, -0.15) is 10.4 Å². The van der Waals surface area contributed by atoms with Crippen LogP contribution in [0, 0.1) is 25.2 Å². The number of amides is 1. The van der Waals surface area contributed by atoms with Gasteiger partial charge < -0.3 is 5.32 Å². The number of hydrogen-bond acceptors (Lipinski definition) is 4. The fourth-order valence-electron chi connectivity index (χ4n) is 3.82. The molecule has 0 saturated carbocycles. The highest BCUT2D eigenvalue weighted by atomic mass is 16.1. The molecule has 1 N–H and O–H groups in total. The van der Waals surface area contributed by atoms with Gasteiger partial charge in [-0.1, -0.05) is 24.3 Å². The molecule has 0 radical (unpaired) electrons. The molecule has 0 fully saturated rings. The summed E-state index contributed by atoms with van der Waals surface area (Å²) in [5.41, 5.74) is 6.34. The number of carbonyl (C=O) groups excluding carboxylic acids is 1. The highest BCUT2D eigenvalue weighted by Crippen LogP contribution is 2.23. The zero-order chi connectivity index (χ0) is 21.3. The molecule has 0 saturated heterocycles. The van der Waals surface area contributed by atoms with Crippen LogP contribution < -0.4 is 5.32 Å². The van der Waals surface area contributed by atoms with Crippen molar-refractivity contribution in [2.45, 2.75) is 39.7 Å². The molecule has 4 aromatic rings. The SMILES string of the molecule is Cc1nc2c3ccccc3nn2c(C)c1CCC(=O)NC(C)c1ccc(C#N)cc1. The maximum atomic E-state index is 12.5. The van der Waals surface area contributed by atoms with E-state index in [1.165, 1.54) is 0 Å². The van der Waals surface area contributed by atoms with Gasteiger partial charge in [0.2, 0.25) is 5.91 Å². The van der Waals surface area contributed by atoms with E-state index in [4.69, 9.17) is 10.2 Å². The van der Waals surface area contributed by atoms with Crippen molar-refractivity contribution in [3.63, 3.8) is 0 Å². The van der Waals surface area contributed by atoms with Gasteiger partial charge in [-0.15, -0.1) is 0 Å². The van der Waals surface area contributed by atoms with Gasteiger partial charge in [0.05, 0.1) is 23.2 Å². The maximum absolute atomic E-state index is 12.5. The molecule has 0 bridgehead atoms. The second-order valence-corrected chi connectivity index (χ2v) is 7.54. The first-order valence-electron chi connectivity index (χ1n) is 10.0. The molecule has 6 nitrogen and oxygen atoms in total. The fourth-order valence-corrected chi connectivity index (χ4v) is 3.82. The van der Waals surface area contributed by atoms with Crippen LogP contribution in [0.25, 0.3) is 16.6 Å². The summed E-state index contributed by atoms with van der Waals surface area (Å²) >= 11 is 0. The Morgan fingerprint density at radius 3 is 2.63 bits per heavy atom. The summed E-state index contributed by atoms with van der Waals surface area (Å²) in [6, 6.07) is 17.2. The molecule has 0 spiro atoms. The molecule has 150 valence electrons. The summed E-state index contributed by atoms with van der Waals surface area (Å²) in [6.45, 7) is 5.96. The van der Waals surface area contributed by atoms with Gasteiger partial charge in [-0.3, -0.25) is 4.79 Å². The van der Waals surface area contributed by atoms with Crippen molar-refractivity contribution in [3.05, 3.63) is 76.6 Å². The van der Waals surface area contributed by atoms with Crippen molar-refractivity contribution in [3.8, 4) is 6.07 Å². The normalized spacial score (nSPS) is 12.1. The Bertz CT molecular complexity index is 1280. The van der Waals surface area contributed by atoms with Crippen LogP contribution in [0.15, 0.2) is 48.5 Å². The largest absolute Gasteiger partial charge is 0.350 e. The zero-order valence-electron chi connectivity index (χ0n) is 17.3. The Kier molecular flexibility index (Phi) is 5.20. The van der Waals surface area contributed by atoms with E-state index in [0.717, 1.165) is 39.1 Å². The van der Waals surface area contributed by atoms with Gasteiger partial charge in [-0.25, -0.2) is 9.50 Å². The molecule has 30 heavy (non-hydrogen) atoms. The van der Waals surface area contributed by atoms with Crippen LogP contribution >= 0.6 is 0 Å². The van der Waals surface area contributed by atoms with E-state index < -0.39 is 0 Å². The topological polar surface area (TPSA) is 83.1 Å². The van der Waals surface area contributed by atoms with E-state index in [1.807, 2.05) is 61.7 Å². The number of aromatic nitrogens is 3. The Morgan fingerprint density at radius 2 is 1.90 bits per heavy atom. The lowest BCUT2D eigenvalue weighted by Gasteiger charge is -2.15. The van der Waals surface area contributed by atoms with Crippen molar-refractivity contribution >= 4 is 22.5 Å². The predicted molar refractivity (Wildman–Crippen MR) is 116 cm³/mol. The molecule has 0 aliphatic rings. The van der Waals surface area contributed by atoms with Gasteiger partial charge in [0, 0.05) is 23.2 Å². The van der Waals surface area contributed by atoms with Crippen LogP contribution in [0.4, 0.5) is 0 Å². The van der Waals surface area contributed by atoms with E-state index in [9.17, 15) is 4.79 Å². The van der Waals surface area contributed by atoms with Gasteiger partial charge in [0.1, 0.15) is 0 Å². The first kappa shape index (κ1) is 19.6. The summed E-state index contributed by atoms with van der Waals surface area (Å²) in [4.78, 5) is 17.3. The summed E-state index contributed by atoms with van der Waals surface area (Å²) in [7, 11) is 0. The van der Waals surface area contributed by atoms with Crippen LogP contribution in [0.3, 0.4) is 0 Å². The summed E-state index contributed by atoms with van der Waals surface area (Å²) in [6.07, 6.45) is 0.971. The lowest BCUT2D eigenvalue weighted by atomic mass is 10.0. The second-order valence-electron chi connectivity index (χ2n) is 7.54. The zero-order valence-corrected chi connectivity index (χ0v) is 17.3. The summed E-state index contributed by atoms with van der Waals surface area (Å²) in [5.74, 6) is -0.0172. The highest BCUT2D eigenvalue weighted by Gasteiger charge is 2.16. The van der Waals surface area contributed by atoms with Crippen molar-refractivity contribution < 1.29 is 4.79 Å². The van der Waals surface area contributed by atoms with Gasteiger partial charge in [0.25, 0.3) is 0 Å². The van der Waals surface area contributed by atoms with E-state index in [2.05, 4.69) is 16.5 Å². The molecule has 0 aliphatic carbocycles. The Balaban J connectivity index is 1.49. The number of fused-ring (bicyclic) bond motifs is 3. The monoisotopic (exact) mass is 397 g/mol. The van der Waals surface area contributed by atoms with E-state index >= 15 is 0 Å². The van der Waals surface area contributed by atoms with Gasteiger partial charge in [-0.05, 0) is 62.6 Å². The van der Waals surface area contributed by atoms with Crippen LogP contribution in [0.1, 0.15) is 47.5 Å². The van der Waals surface area contributed by atoms with Crippen molar-refractivity contribution in [1.29, 1.82) is 5.26 Å². The molecule has 2 heterocycles. The van der Waals surface area contributed by atoms with Crippen molar-refractivity contribution in [2.75, 3.05) is 0 Å². The highest BCUT2D eigenvalue weighted by molar-refractivity contribution is 5.92. The number of hydrogen-bond donors (Lipinski definition) is 1. The second kappa shape index (κ2) is 7.96. The first-order valence-corrected chi connectivity index (χ1v) is 10.0. The van der Waals surface area contributed by atoms with Crippen LogP contribution in [0.2, 0.25) is 0 Å². The number of benzene rings is 2. The fraction of sp³-hybridized carbons (Fsp3) is 0.250. The van der Waals surface area contributed by atoms with Crippen LogP contribution in [-0.2, 0) is 11.2 Å². The molecule has 1 amide bonds. The minimum absolute atomic E-state index is 0.0172. The quantitative estimate of drug-likeness (QED) is 0.548. The third kappa shape index (κ3) is 3.62. The minimum Gasteiger partial charge on any atom is -0.350 e. The van der Waals surface area contributed by atoms with Gasteiger partial charge >= 0.3 is 0 Å². The van der Waals surface area contributed by atoms with Crippen molar-refractivity contribution in [2.24, 2.45) is 0 Å². The lowest BCUT2D eigenvalue weighted by Crippen LogP contribution is -2.27. The number of rotatable bonds is 5. The average Bonchev–Trinajstić information content (AvgIpc) is 3.12. The standard InChI is InChI=1S/C24H23N5O/c1-15(19-10-8-18(14-25)9-11-19)26-23(30)13-12-20-16(2)27-24-21-6-4-5-7-22(21)28-29(24)17(20)3/h4-11,15H,12-13H2,1-3H3,(H,26,30). The van der Waals surface area contributed by atoms with Crippen LogP contribution in [-0.4, -0.2) is 20.5 Å². The number of nitriles is 1. The Morgan fingerprint density at radius 1 is 1.17 bits per heavy atom. The van der Waals surface area contributed by atoms with Crippen molar-refractivity contribution in [1.82, 2.24) is 19.9 Å². The first-order chi connectivity index (χ1) is 14.5. The molecule has 2 aromatic heterocycles. The Hall–Kier alpha value is -3.72.